The number of nitrogens with one attached hydrogen (secondary N) is 3. The minimum atomic E-state index is -1.07. The number of nitrogens with zero attached hydrogens (tertiary/aromatic N) is 1. The minimum Gasteiger partial charge on any atom is -0.481 e. The minimum absolute atomic E-state index is 0.0861. The predicted octanol–water partition coefficient (Wildman–Crippen LogP) is 2.14. The van der Waals surface area contributed by atoms with Crippen molar-refractivity contribution in [2.75, 3.05) is 40.3 Å². The Morgan fingerprint density at radius 3 is 2.06 bits per heavy atom. The van der Waals surface area contributed by atoms with E-state index < -0.39 is 12.4 Å². The first kappa shape index (κ1) is 31.5. The average Bonchev–Trinajstić information content (AvgIpc) is 2.73. The Bertz CT molecular complexity index is 718. The number of quaternary nitrogens is 1. The van der Waals surface area contributed by atoms with Gasteiger partial charge in [0, 0.05) is 37.1 Å². The molecule has 2 amide bonds. The van der Waals surface area contributed by atoms with Gasteiger partial charge in [-0.3, -0.25) is 19.2 Å². The maximum Gasteiger partial charge on any atom is 0.310 e. The van der Waals surface area contributed by atoms with Gasteiger partial charge in [-0.15, -0.1) is 0 Å². The smallest absolute Gasteiger partial charge is 0.310 e. The van der Waals surface area contributed by atoms with Gasteiger partial charge in [0.05, 0.1) is 20.6 Å². The zero-order valence-corrected chi connectivity index (χ0v) is 21.5. The number of carbonyl (C=O) groups is 4. The van der Waals surface area contributed by atoms with Crippen molar-refractivity contribution in [3.05, 3.63) is 24.3 Å². The SMILES string of the molecule is C=C(C)C(=O)NCCCNCCC(NC(=O)C(=C)C)[N+](C)(C)CCCCCCC(=O)CC(=O)O. The van der Waals surface area contributed by atoms with Gasteiger partial charge in [0.2, 0.25) is 5.91 Å². The Labute approximate surface area is 204 Å². The van der Waals surface area contributed by atoms with Crippen molar-refractivity contribution in [1.82, 2.24) is 16.0 Å². The van der Waals surface area contributed by atoms with Crippen LogP contribution >= 0.6 is 0 Å². The Balaban J connectivity index is 4.45. The number of carbonyl (C=O) groups excluding carboxylic acids is 3. The van der Waals surface area contributed by atoms with Gasteiger partial charge in [-0.2, -0.15) is 0 Å². The maximum absolute atomic E-state index is 12.3. The highest BCUT2D eigenvalue weighted by molar-refractivity contribution is 5.94. The van der Waals surface area contributed by atoms with Crippen LogP contribution in [0.2, 0.25) is 0 Å². The highest BCUT2D eigenvalue weighted by Crippen LogP contribution is 2.13. The molecular formula is C25H45N4O5+. The number of unbranched alkanes of at least 4 members (excludes halogenated alkanes) is 3. The lowest BCUT2D eigenvalue weighted by Crippen LogP contribution is -2.58. The average molecular weight is 482 g/mol. The number of hydrogen-bond acceptors (Lipinski definition) is 5. The molecule has 0 rings (SSSR count). The van der Waals surface area contributed by atoms with E-state index in [0.717, 1.165) is 51.7 Å². The lowest BCUT2D eigenvalue weighted by atomic mass is 10.1. The molecule has 0 aliphatic rings. The van der Waals surface area contributed by atoms with Crippen molar-refractivity contribution in [3.63, 3.8) is 0 Å². The van der Waals surface area contributed by atoms with Crippen molar-refractivity contribution < 1.29 is 28.8 Å². The Hall–Kier alpha value is -2.52. The topological polar surface area (TPSA) is 125 Å². The molecule has 0 aliphatic carbocycles. The van der Waals surface area contributed by atoms with Crippen LogP contribution in [0.5, 0.6) is 0 Å². The van der Waals surface area contributed by atoms with E-state index in [4.69, 9.17) is 5.11 Å². The number of rotatable bonds is 20. The van der Waals surface area contributed by atoms with Crippen LogP contribution < -0.4 is 16.0 Å². The van der Waals surface area contributed by atoms with Gasteiger partial charge in [-0.05, 0) is 46.1 Å². The molecule has 1 unspecified atom stereocenters. The molecule has 0 aromatic heterocycles. The van der Waals surface area contributed by atoms with Crippen molar-refractivity contribution in [1.29, 1.82) is 0 Å². The third-order valence-electron chi connectivity index (χ3n) is 5.62. The van der Waals surface area contributed by atoms with E-state index in [1.165, 1.54) is 0 Å². The first-order valence-corrected chi connectivity index (χ1v) is 12.0. The molecule has 0 radical (unpaired) electrons. The number of Topliss-reactive ketones (excluding diaryl/α,β-unsaturated/α-hetero) is 1. The second-order valence-corrected chi connectivity index (χ2v) is 9.47. The normalized spacial score (nSPS) is 12.0. The standard InChI is InChI=1S/C25H44N4O5/c1-19(2)24(33)27-15-11-14-26-16-13-22(28-25(34)20(3)4)29(5,6)17-10-8-7-9-12-21(30)18-23(31)32/h22,26H,1,3,7-18H2,2,4-6H3,(H2-,27,28,31,32,33,34)/p+1. The number of carboxylic acids is 1. The summed E-state index contributed by atoms with van der Waals surface area (Å²) in [5.41, 5.74) is 0.966. The lowest BCUT2D eigenvalue weighted by molar-refractivity contribution is -0.917. The van der Waals surface area contributed by atoms with Crippen LogP contribution in [0.15, 0.2) is 24.3 Å². The number of aliphatic carboxylic acids is 1. The molecule has 0 aromatic rings. The molecule has 0 aromatic carbocycles. The Kier molecular flexibility index (Phi) is 15.7. The van der Waals surface area contributed by atoms with Gasteiger partial charge < -0.3 is 25.5 Å². The molecule has 0 bridgehead atoms. The summed E-state index contributed by atoms with van der Waals surface area (Å²) < 4.78 is 0.618. The monoisotopic (exact) mass is 481 g/mol. The fourth-order valence-electron chi connectivity index (χ4n) is 3.41. The molecule has 194 valence electrons. The number of amides is 2. The third-order valence-corrected chi connectivity index (χ3v) is 5.62. The number of ketones is 1. The second kappa shape index (κ2) is 17.0. The van der Waals surface area contributed by atoms with Gasteiger partial charge in [0.1, 0.15) is 12.2 Å². The van der Waals surface area contributed by atoms with Crippen LogP contribution in [0.25, 0.3) is 0 Å². The van der Waals surface area contributed by atoms with Crippen molar-refractivity contribution >= 4 is 23.6 Å². The fraction of sp³-hybridized carbons (Fsp3) is 0.680. The van der Waals surface area contributed by atoms with E-state index in [1.807, 2.05) is 0 Å². The molecule has 0 heterocycles. The van der Waals surface area contributed by atoms with Crippen LogP contribution in [0, 0.1) is 0 Å². The lowest BCUT2D eigenvalue weighted by Gasteiger charge is -2.38. The quantitative estimate of drug-likeness (QED) is 0.0694. The highest BCUT2D eigenvalue weighted by Gasteiger charge is 2.29. The molecule has 0 spiro atoms. The van der Waals surface area contributed by atoms with Crippen molar-refractivity contribution in [3.8, 4) is 0 Å². The van der Waals surface area contributed by atoms with E-state index in [2.05, 4.69) is 43.2 Å². The van der Waals surface area contributed by atoms with Crippen LogP contribution in [-0.4, -0.2) is 79.6 Å². The van der Waals surface area contributed by atoms with E-state index >= 15 is 0 Å². The summed E-state index contributed by atoms with van der Waals surface area (Å²) in [4.78, 5) is 45.8. The molecule has 0 saturated heterocycles. The fourth-order valence-corrected chi connectivity index (χ4v) is 3.41. The molecule has 4 N–H and O–H groups in total. The molecule has 34 heavy (non-hydrogen) atoms. The number of hydrogen-bond donors (Lipinski definition) is 4. The summed E-state index contributed by atoms with van der Waals surface area (Å²) in [5, 5.41) is 17.9. The molecule has 0 fully saturated rings. The zero-order valence-electron chi connectivity index (χ0n) is 21.5. The highest BCUT2D eigenvalue weighted by atomic mass is 16.4. The van der Waals surface area contributed by atoms with Gasteiger partial charge in [-0.25, -0.2) is 0 Å². The van der Waals surface area contributed by atoms with Crippen LogP contribution in [0.4, 0.5) is 0 Å². The Morgan fingerprint density at radius 2 is 1.47 bits per heavy atom. The Morgan fingerprint density at radius 1 is 0.853 bits per heavy atom. The molecule has 1 atom stereocenters. The van der Waals surface area contributed by atoms with E-state index in [9.17, 15) is 19.2 Å². The largest absolute Gasteiger partial charge is 0.481 e. The third kappa shape index (κ3) is 15.3. The summed E-state index contributed by atoms with van der Waals surface area (Å²) >= 11 is 0. The van der Waals surface area contributed by atoms with Crippen LogP contribution in [0.3, 0.4) is 0 Å². The van der Waals surface area contributed by atoms with Crippen LogP contribution in [0.1, 0.15) is 65.2 Å². The van der Waals surface area contributed by atoms with Gasteiger partial charge in [-0.1, -0.05) is 19.6 Å². The number of carboxylic acid groups (broad SMARTS) is 1. The van der Waals surface area contributed by atoms with E-state index in [1.54, 1.807) is 13.8 Å². The summed E-state index contributed by atoms with van der Waals surface area (Å²) in [6.07, 6.45) is 4.83. The zero-order chi connectivity index (χ0) is 26.1. The van der Waals surface area contributed by atoms with Crippen molar-refractivity contribution in [2.45, 2.75) is 71.4 Å². The molecular weight excluding hydrogens is 436 g/mol. The molecule has 0 aliphatic heterocycles. The van der Waals surface area contributed by atoms with Gasteiger partial charge in [0.25, 0.3) is 5.91 Å². The summed E-state index contributed by atoms with van der Waals surface area (Å²) in [5.74, 6) is -1.59. The summed E-state index contributed by atoms with van der Waals surface area (Å²) in [6.45, 7) is 13.6. The molecule has 9 heteroatoms. The second-order valence-electron chi connectivity index (χ2n) is 9.47. The van der Waals surface area contributed by atoms with Gasteiger partial charge >= 0.3 is 5.97 Å². The van der Waals surface area contributed by atoms with Gasteiger partial charge in [0.15, 0.2) is 6.17 Å². The molecule has 9 nitrogen and oxygen atoms in total. The predicted molar refractivity (Wildman–Crippen MR) is 134 cm³/mol. The summed E-state index contributed by atoms with van der Waals surface area (Å²) in [6, 6.07) is 0. The van der Waals surface area contributed by atoms with E-state index in [-0.39, 0.29) is 23.8 Å². The van der Waals surface area contributed by atoms with E-state index in [0.29, 0.717) is 35.0 Å². The summed E-state index contributed by atoms with van der Waals surface area (Å²) in [7, 11) is 4.18. The maximum atomic E-state index is 12.3. The molecule has 0 saturated carbocycles. The van der Waals surface area contributed by atoms with Crippen molar-refractivity contribution in [2.24, 2.45) is 0 Å². The first-order chi connectivity index (χ1) is 15.9. The first-order valence-electron chi connectivity index (χ1n) is 12.0. The van der Waals surface area contributed by atoms with Crippen LogP contribution in [-0.2, 0) is 19.2 Å².